The summed E-state index contributed by atoms with van der Waals surface area (Å²) in [7, 11) is -3.82. The van der Waals surface area contributed by atoms with Crippen molar-refractivity contribution in [2.24, 2.45) is 0 Å². The highest BCUT2D eigenvalue weighted by molar-refractivity contribution is 7.92. The molecule has 7 nitrogen and oxygen atoms in total. The van der Waals surface area contributed by atoms with Crippen LogP contribution in [0.4, 0.5) is 21.2 Å². The van der Waals surface area contributed by atoms with E-state index < -0.39 is 10.0 Å². The molecule has 2 aromatic carbocycles. The zero-order valence-electron chi connectivity index (χ0n) is 17.5. The lowest BCUT2D eigenvalue weighted by Gasteiger charge is -2.09. The van der Waals surface area contributed by atoms with Gasteiger partial charge in [-0.3, -0.25) is 0 Å². The van der Waals surface area contributed by atoms with Crippen LogP contribution in [0.2, 0.25) is 0 Å². The molecule has 2 aromatic heterocycles. The van der Waals surface area contributed by atoms with Crippen LogP contribution in [0.15, 0.2) is 58.8 Å². The quantitative estimate of drug-likeness (QED) is 0.402. The Morgan fingerprint density at radius 2 is 1.59 bits per heavy atom. The van der Waals surface area contributed by atoms with Crippen LogP contribution in [-0.2, 0) is 10.0 Å². The van der Waals surface area contributed by atoms with E-state index in [0.717, 1.165) is 11.3 Å². The first-order valence-electron chi connectivity index (χ1n) is 9.64. The lowest BCUT2D eigenvalue weighted by Crippen LogP contribution is -2.15. The predicted octanol–water partition coefficient (Wildman–Crippen LogP) is 5.21. The Balaban J connectivity index is 1.48. The SMILES string of the molecule is Cc1cc(C)nc(NS(=O)(=O)c2ccc(Nc3nc(-c4ccc(F)c(C)c4)cs3)cc2)n1. The minimum atomic E-state index is -3.82. The Morgan fingerprint density at radius 1 is 0.906 bits per heavy atom. The summed E-state index contributed by atoms with van der Waals surface area (Å²) in [5.74, 6) is -0.216. The third kappa shape index (κ3) is 4.92. The van der Waals surface area contributed by atoms with E-state index in [4.69, 9.17) is 0 Å². The van der Waals surface area contributed by atoms with Crippen LogP contribution in [-0.4, -0.2) is 23.4 Å². The van der Waals surface area contributed by atoms with E-state index in [1.807, 2.05) is 5.38 Å². The van der Waals surface area contributed by atoms with Crippen molar-refractivity contribution in [1.29, 1.82) is 0 Å². The summed E-state index contributed by atoms with van der Waals surface area (Å²) in [6.45, 7) is 5.25. The van der Waals surface area contributed by atoms with Crippen LogP contribution >= 0.6 is 11.3 Å². The van der Waals surface area contributed by atoms with E-state index in [1.165, 1.54) is 29.5 Å². The highest BCUT2D eigenvalue weighted by atomic mass is 32.2. The van der Waals surface area contributed by atoms with Crippen LogP contribution in [0.3, 0.4) is 0 Å². The third-order valence-corrected chi connectivity index (χ3v) is 6.68. The molecule has 4 aromatic rings. The first kappa shape index (κ1) is 21.8. The Morgan fingerprint density at radius 3 is 2.25 bits per heavy atom. The molecule has 0 aliphatic rings. The molecule has 164 valence electrons. The smallest absolute Gasteiger partial charge is 0.264 e. The Labute approximate surface area is 189 Å². The molecule has 0 atom stereocenters. The monoisotopic (exact) mass is 469 g/mol. The van der Waals surface area contributed by atoms with Crippen molar-refractivity contribution in [2.45, 2.75) is 25.7 Å². The molecule has 10 heteroatoms. The normalized spacial score (nSPS) is 11.4. The molecule has 0 aliphatic heterocycles. The number of hydrogen-bond donors (Lipinski definition) is 2. The number of benzene rings is 2. The number of anilines is 3. The van der Waals surface area contributed by atoms with Crippen LogP contribution in [0.1, 0.15) is 17.0 Å². The molecule has 0 radical (unpaired) electrons. The van der Waals surface area contributed by atoms with E-state index >= 15 is 0 Å². The number of aromatic nitrogens is 3. The predicted molar refractivity (Wildman–Crippen MR) is 124 cm³/mol. The summed E-state index contributed by atoms with van der Waals surface area (Å²) in [5.41, 5.74) is 4.15. The molecular weight excluding hydrogens is 449 g/mol. The van der Waals surface area contributed by atoms with Gasteiger partial charge in [-0.25, -0.2) is 32.5 Å². The second kappa shape index (κ2) is 8.64. The Bertz CT molecular complexity index is 1370. The summed E-state index contributed by atoms with van der Waals surface area (Å²) in [5, 5.41) is 5.67. The van der Waals surface area contributed by atoms with Gasteiger partial charge in [0, 0.05) is 28.0 Å². The van der Waals surface area contributed by atoms with Crippen LogP contribution in [0.25, 0.3) is 11.3 Å². The van der Waals surface area contributed by atoms with Crippen molar-refractivity contribution in [2.75, 3.05) is 10.0 Å². The van der Waals surface area contributed by atoms with Crippen molar-refractivity contribution in [1.82, 2.24) is 15.0 Å². The zero-order chi connectivity index (χ0) is 22.9. The number of nitrogens with zero attached hydrogens (tertiary/aromatic N) is 3. The summed E-state index contributed by atoms with van der Waals surface area (Å²) in [6, 6.07) is 12.9. The number of halogens is 1. The number of thiazole rings is 1. The van der Waals surface area contributed by atoms with Gasteiger partial charge in [0.2, 0.25) is 5.95 Å². The van der Waals surface area contributed by atoms with Gasteiger partial charge < -0.3 is 5.32 Å². The fourth-order valence-corrected chi connectivity index (χ4v) is 4.74. The van der Waals surface area contributed by atoms with Gasteiger partial charge in [0.15, 0.2) is 5.13 Å². The van der Waals surface area contributed by atoms with Gasteiger partial charge >= 0.3 is 0 Å². The second-order valence-corrected chi connectivity index (χ2v) is 9.77. The Hall–Kier alpha value is -3.37. The number of nitrogens with one attached hydrogen (secondary N) is 2. The molecule has 0 aliphatic carbocycles. The maximum absolute atomic E-state index is 13.5. The van der Waals surface area contributed by atoms with Crippen LogP contribution < -0.4 is 10.0 Å². The molecule has 2 heterocycles. The summed E-state index contributed by atoms with van der Waals surface area (Å²) in [6.07, 6.45) is 0. The number of aryl methyl sites for hydroxylation is 3. The second-order valence-electron chi connectivity index (χ2n) is 7.23. The van der Waals surface area contributed by atoms with Gasteiger partial charge in [-0.2, -0.15) is 0 Å². The van der Waals surface area contributed by atoms with Crippen molar-refractivity contribution < 1.29 is 12.8 Å². The molecular formula is C22H20FN5O2S2. The minimum Gasteiger partial charge on any atom is -0.332 e. The van der Waals surface area contributed by atoms with Gasteiger partial charge in [0.05, 0.1) is 10.6 Å². The van der Waals surface area contributed by atoms with Gasteiger partial charge in [0.1, 0.15) is 5.82 Å². The van der Waals surface area contributed by atoms with Crippen molar-refractivity contribution in [3.05, 3.63) is 76.7 Å². The van der Waals surface area contributed by atoms with E-state index in [9.17, 15) is 12.8 Å². The fourth-order valence-electron chi connectivity index (χ4n) is 3.06. The number of hydrogen-bond acceptors (Lipinski definition) is 7. The molecule has 0 bridgehead atoms. The molecule has 0 saturated heterocycles. The molecule has 0 spiro atoms. The van der Waals surface area contributed by atoms with Crippen LogP contribution in [0.5, 0.6) is 0 Å². The third-order valence-electron chi connectivity index (χ3n) is 4.58. The maximum atomic E-state index is 13.5. The topological polar surface area (TPSA) is 96.9 Å². The van der Waals surface area contributed by atoms with E-state index in [2.05, 4.69) is 25.0 Å². The summed E-state index contributed by atoms with van der Waals surface area (Å²) in [4.78, 5) is 12.8. The largest absolute Gasteiger partial charge is 0.332 e. The molecule has 4 rings (SSSR count). The van der Waals surface area contributed by atoms with Crippen LogP contribution in [0, 0.1) is 26.6 Å². The van der Waals surface area contributed by atoms with Gasteiger partial charge in [0.25, 0.3) is 10.0 Å². The van der Waals surface area contributed by atoms with Gasteiger partial charge in [-0.1, -0.05) is 0 Å². The average Bonchev–Trinajstić information content (AvgIpc) is 3.18. The van der Waals surface area contributed by atoms with E-state index in [1.54, 1.807) is 51.1 Å². The minimum absolute atomic E-state index is 0.0380. The molecule has 0 unspecified atom stereocenters. The molecule has 0 saturated carbocycles. The number of sulfonamides is 1. The highest BCUT2D eigenvalue weighted by Crippen LogP contribution is 2.28. The van der Waals surface area contributed by atoms with E-state index in [0.29, 0.717) is 27.8 Å². The van der Waals surface area contributed by atoms with Gasteiger partial charge in [-0.15, -0.1) is 11.3 Å². The molecule has 2 N–H and O–H groups in total. The fraction of sp³-hybridized carbons (Fsp3) is 0.136. The van der Waals surface area contributed by atoms with Crippen molar-refractivity contribution in [3.8, 4) is 11.3 Å². The Kier molecular flexibility index (Phi) is 5.90. The number of rotatable bonds is 6. The van der Waals surface area contributed by atoms with Gasteiger partial charge in [-0.05, 0) is 74.9 Å². The molecule has 0 fully saturated rings. The standard InChI is InChI=1S/C22H20FN5O2S2/c1-13-10-16(4-9-19(13)23)20-12-31-22(27-20)26-17-5-7-18(8-6-17)32(29,30)28-21-24-14(2)11-15(3)25-21/h4-12H,1-3H3,(H,26,27)(H,24,25,28). The average molecular weight is 470 g/mol. The van der Waals surface area contributed by atoms with Crippen molar-refractivity contribution >= 4 is 38.1 Å². The lowest BCUT2D eigenvalue weighted by molar-refractivity contribution is 0.600. The highest BCUT2D eigenvalue weighted by Gasteiger charge is 2.16. The summed E-state index contributed by atoms with van der Waals surface area (Å²) >= 11 is 1.40. The van der Waals surface area contributed by atoms with E-state index in [-0.39, 0.29) is 16.7 Å². The maximum Gasteiger partial charge on any atom is 0.264 e. The zero-order valence-corrected chi connectivity index (χ0v) is 19.2. The summed E-state index contributed by atoms with van der Waals surface area (Å²) < 4.78 is 41.2. The molecule has 32 heavy (non-hydrogen) atoms. The first-order chi connectivity index (χ1) is 15.2. The van der Waals surface area contributed by atoms with Crippen molar-refractivity contribution in [3.63, 3.8) is 0 Å². The molecule has 0 amide bonds. The lowest BCUT2D eigenvalue weighted by atomic mass is 10.1. The first-order valence-corrected chi connectivity index (χ1v) is 12.0.